The lowest BCUT2D eigenvalue weighted by Gasteiger charge is -2.37. The summed E-state index contributed by atoms with van der Waals surface area (Å²) in [5.41, 5.74) is 5.48. The molecule has 2 N–H and O–H groups in total. The van der Waals surface area contributed by atoms with E-state index in [2.05, 4.69) is 30.5 Å². The summed E-state index contributed by atoms with van der Waals surface area (Å²) in [6.07, 6.45) is 2.43. The van der Waals surface area contributed by atoms with E-state index >= 15 is 0 Å². The molecule has 0 aromatic carbocycles. The van der Waals surface area contributed by atoms with Crippen LogP contribution in [0.15, 0.2) is 0 Å². The van der Waals surface area contributed by atoms with Gasteiger partial charge in [0.15, 0.2) is 0 Å². The molecule has 0 saturated carbocycles. The molecule has 0 radical (unpaired) electrons. The van der Waals surface area contributed by atoms with Crippen molar-refractivity contribution in [3.05, 3.63) is 0 Å². The minimum atomic E-state index is 0.747. The molecule has 2 unspecified atom stereocenters. The third kappa shape index (κ3) is 3.49. The molecule has 13 heavy (non-hydrogen) atoms. The molecule has 0 aliphatic carbocycles. The number of nitrogens with two attached hydrogens (primary N) is 1. The highest BCUT2D eigenvalue weighted by Crippen LogP contribution is 2.24. The van der Waals surface area contributed by atoms with Crippen molar-refractivity contribution in [2.24, 2.45) is 5.73 Å². The number of nitrogens with zero attached hydrogens (tertiary/aromatic N) is 1. The first kappa shape index (κ1) is 11.3. The first-order valence-corrected chi connectivity index (χ1v) is 6.36. The van der Waals surface area contributed by atoms with Crippen molar-refractivity contribution in [2.45, 2.75) is 38.0 Å². The number of unbranched alkanes of at least 4 members (excludes halogenated alkanes) is 1. The van der Waals surface area contributed by atoms with Crippen molar-refractivity contribution in [2.75, 3.05) is 25.4 Å². The summed E-state index contributed by atoms with van der Waals surface area (Å²) in [6.45, 7) is 8.03. The molecule has 3 heteroatoms. The highest BCUT2D eigenvalue weighted by atomic mass is 32.2. The van der Waals surface area contributed by atoms with Gasteiger partial charge in [-0.2, -0.15) is 11.8 Å². The largest absolute Gasteiger partial charge is 0.330 e. The van der Waals surface area contributed by atoms with E-state index in [0.29, 0.717) is 0 Å². The molecule has 1 fully saturated rings. The van der Waals surface area contributed by atoms with Gasteiger partial charge in [-0.05, 0) is 32.9 Å². The summed E-state index contributed by atoms with van der Waals surface area (Å²) in [5.74, 6) is 1.30. The summed E-state index contributed by atoms with van der Waals surface area (Å²) in [7, 11) is 0. The van der Waals surface area contributed by atoms with Gasteiger partial charge in [0.25, 0.3) is 0 Å². The molecule has 0 aromatic heterocycles. The van der Waals surface area contributed by atoms with Gasteiger partial charge in [-0.25, -0.2) is 0 Å². The Labute approximate surface area is 86.2 Å². The van der Waals surface area contributed by atoms with Gasteiger partial charge in [0.1, 0.15) is 0 Å². The lowest BCUT2D eigenvalue weighted by molar-refractivity contribution is 0.209. The van der Waals surface area contributed by atoms with Crippen LogP contribution in [0.3, 0.4) is 0 Å². The fraction of sp³-hybridized carbons (Fsp3) is 1.00. The van der Waals surface area contributed by atoms with E-state index in [4.69, 9.17) is 5.73 Å². The van der Waals surface area contributed by atoms with Gasteiger partial charge >= 0.3 is 0 Å². The summed E-state index contributed by atoms with van der Waals surface area (Å²) in [5, 5.41) is 0.798. The zero-order valence-electron chi connectivity index (χ0n) is 8.83. The molecule has 1 aliphatic heterocycles. The second-order valence-corrected chi connectivity index (χ2v) is 5.33. The second-order valence-electron chi connectivity index (χ2n) is 3.85. The molecular formula is C10H22N2S. The molecule has 1 rings (SSSR count). The topological polar surface area (TPSA) is 29.3 Å². The molecule has 1 heterocycles. The molecule has 1 aliphatic rings. The molecule has 0 aromatic rings. The predicted molar refractivity (Wildman–Crippen MR) is 61.2 cm³/mol. The van der Waals surface area contributed by atoms with Crippen molar-refractivity contribution in [1.82, 2.24) is 4.90 Å². The van der Waals surface area contributed by atoms with Crippen LogP contribution in [0.4, 0.5) is 0 Å². The minimum Gasteiger partial charge on any atom is -0.330 e. The minimum absolute atomic E-state index is 0.747. The monoisotopic (exact) mass is 202 g/mol. The Kier molecular flexibility index (Phi) is 5.14. The van der Waals surface area contributed by atoms with E-state index in [1.165, 1.54) is 31.7 Å². The van der Waals surface area contributed by atoms with Crippen LogP contribution in [-0.2, 0) is 0 Å². The van der Waals surface area contributed by atoms with Gasteiger partial charge in [-0.1, -0.05) is 6.92 Å². The number of hydrogen-bond donors (Lipinski definition) is 1. The summed E-state index contributed by atoms with van der Waals surface area (Å²) >= 11 is 2.10. The summed E-state index contributed by atoms with van der Waals surface area (Å²) in [6, 6.07) is 0.747. The van der Waals surface area contributed by atoms with E-state index in [0.717, 1.165) is 17.8 Å². The van der Waals surface area contributed by atoms with Crippen LogP contribution in [0.25, 0.3) is 0 Å². The van der Waals surface area contributed by atoms with Crippen LogP contribution in [0.2, 0.25) is 0 Å². The van der Waals surface area contributed by atoms with Gasteiger partial charge < -0.3 is 5.73 Å². The van der Waals surface area contributed by atoms with E-state index in [1.807, 2.05) is 0 Å². The Bertz CT molecular complexity index is 141. The SMILES string of the molecule is CC1SCCN(CCCCN)C1C. The Morgan fingerprint density at radius 2 is 2.15 bits per heavy atom. The highest BCUT2D eigenvalue weighted by molar-refractivity contribution is 8.00. The van der Waals surface area contributed by atoms with Crippen LogP contribution in [0, 0.1) is 0 Å². The second kappa shape index (κ2) is 5.89. The zero-order chi connectivity index (χ0) is 9.68. The predicted octanol–water partition coefficient (Wildman–Crippen LogP) is 1.55. The molecule has 1 saturated heterocycles. The molecule has 2 atom stereocenters. The van der Waals surface area contributed by atoms with Crippen LogP contribution in [-0.4, -0.2) is 41.6 Å². The standard InChI is InChI=1S/C10H22N2S/c1-9-10(2)13-8-7-12(9)6-4-3-5-11/h9-10H,3-8,11H2,1-2H3. The molecule has 78 valence electrons. The van der Waals surface area contributed by atoms with Crippen LogP contribution < -0.4 is 5.73 Å². The number of hydrogen-bond acceptors (Lipinski definition) is 3. The summed E-state index contributed by atoms with van der Waals surface area (Å²) in [4.78, 5) is 2.61. The van der Waals surface area contributed by atoms with E-state index in [9.17, 15) is 0 Å². The van der Waals surface area contributed by atoms with Crippen molar-refractivity contribution < 1.29 is 0 Å². The zero-order valence-corrected chi connectivity index (χ0v) is 9.65. The summed E-state index contributed by atoms with van der Waals surface area (Å²) < 4.78 is 0. The fourth-order valence-corrected chi connectivity index (χ4v) is 2.93. The Morgan fingerprint density at radius 3 is 2.85 bits per heavy atom. The molecule has 2 nitrogen and oxygen atoms in total. The Morgan fingerprint density at radius 1 is 1.38 bits per heavy atom. The maximum absolute atomic E-state index is 5.48. The maximum atomic E-state index is 5.48. The highest BCUT2D eigenvalue weighted by Gasteiger charge is 2.24. The van der Waals surface area contributed by atoms with Crippen molar-refractivity contribution >= 4 is 11.8 Å². The molecular weight excluding hydrogens is 180 g/mol. The van der Waals surface area contributed by atoms with E-state index in [1.54, 1.807) is 0 Å². The fourth-order valence-electron chi connectivity index (χ4n) is 1.77. The number of thioether (sulfide) groups is 1. The Hall–Kier alpha value is 0.270. The Balaban J connectivity index is 2.23. The molecule has 0 amide bonds. The van der Waals surface area contributed by atoms with Gasteiger partial charge in [-0.3, -0.25) is 4.90 Å². The molecule has 0 bridgehead atoms. The maximum Gasteiger partial charge on any atom is 0.0184 e. The smallest absolute Gasteiger partial charge is 0.0184 e. The van der Waals surface area contributed by atoms with Crippen LogP contribution in [0.5, 0.6) is 0 Å². The average Bonchev–Trinajstić information content (AvgIpc) is 2.13. The van der Waals surface area contributed by atoms with Gasteiger partial charge in [-0.15, -0.1) is 0 Å². The van der Waals surface area contributed by atoms with Crippen LogP contribution >= 0.6 is 11.8 Å². The molecule has 0 spiro atoms. The normalized spacial score (nSPS) is 30.7. The number of rotatable bonds is 4. The van der Waals surface area contributed by atoms with Gasteiger partial charge in [0.2, 0.25) is 0 Å². The van der Waals surface area contributed by atoms with Gasteiger partial charge in [0.05, 0.1) is 0 Å². The first-order valence-electron chi connectivity index (χ1n) is 5.31. The quantitative estimate of drug-likeness (QED) is 0.701. The van der Waals surface area contributed by atoms with E-state index in [-0.39, 0.29) is 0 Å². The lowest BCUT2D eigenvalue weighted by Crippen LogP contribution is -2.44. The average molecular weight is 202 g/mol. The first-order chi connectivity index (χ1) is 6.25. The van der Waals surface area contributed by atoms with Gasteiger partial charge in [0, 0.05) is 23.6 Å². The van der Waals surface area contributed by atoms with Crippen molar-refractivity contribution in [3.8, 4) is 0 Å². The lowest BCUT2D eigenvalue weighted by atomic mass is 10.2. The third-order valence-electron chi connectivity index (χ3n) is 2.91. The van der Waals surface area contributed by atoms with Crippen molar-refractivity contribution in [3.63, 3.8) is 0 Å². The third-order valence-corrected chi connectivity index (χ3v) is 4.25. The van der Waals surface area contributed by atoms with Crippen molar-refractivity contribution in [1.29, 1.82) is 0 Å². The van der Waals surface area contributed by atoms with E-state index < -0.39 is 0 Å². The van der Waals surface area contributed by atoms with Crippen LogP contribution in [0.1, 0.15) is 26.7 Å².